The maximum absolute atomic E-state index is 12.1. The van der Waals surface area contributed by atoms with E-state index in [2.05, 4.69) is 10.5 Å². The Morgan fingerprint density at radius 2 is 2.28 bits per heavy atom. The van der Waals surface area contributed by atoms with Crippen LogP contribution in [0.2, 0.25) is 0 Å². The molecule has 6 heteroatoms. The molecule has 1 aliphatic heterocycles. The van der Waals surface area contributed by atoms with E-state index in [4.69, 9.17) is 15.7 Å². The number of nitrogens with zero attached hydrogens (tertiary/aromatic N) is 1. The van der Waals surface area contributed by atoms with Crippen LogP contribution in [0.3, 0.4) is 0 Å². The highest BCUT2D eigenvalue weighted by Gasteiger charge is 2.35. The largest absolute Gasteiger partial charge is 0.409 e. The van der Waals surface area contributed by atoms with Crippen LogP contribution in [0, 0.1) is 11.8 Å². The van der Waals surface area contributed by atoms with E-state index in [9.17, 15) is 4.79 Å². The van der Waals surface area contributed by atoms with E-state index in [1.807, 2.05) is 6.92 Å². The van der Waals surface area contributed by atoms with Gasteiger partial charge in [0.15, 0.2) is 0 Å². The van der Waals surface area contributed by atoms with Gasteiger partial charge in [-0.3, -0.25) is 4.79 Å². The Morgan fingerprint density at radius 1 is 1.50 bits per heavy atom. The molecule has 4 N–H and O–H groups in total. The first-order valence-electron chi connectivity index (χ1n) is 6.51. The Morgan fingerprint density at radius 3 is 2.89 bits per heavy atom. The van der Waals surface area contributed by atoms with Crippen molar-refractivity contribution in [2.24, 2.45) is 22.7 Å². The van der Waals surface area contributed by atoms with Gasteiger partial charge >= 0.3 is 0 Å². The van der Waals surface area contributed by atoms with Crippen molar-refractivity contribution in [1.29, 1.82) is 0 Å². The minimum Gasteiger partial charge on any atom is -0.409 e. The molecule has 4 atom stereocenters. The summed E-state index contributed by atoms with van der Waals surface area (Å²) in [7, 11) is 0. The van der Waals surface area contributed by atoms with Gasteiger partial charge in [-0.05, 0) is 26.2 Å². The van der Waals surface area contributed by atoms with Crippen molar-refractivity contribution in [2.75, 3.05) is 6.61 Å². The summed E-state index contributed by atoms with van der Waals surface area (Å²) in [4.78, 5) is 12.1. The van der Waals surface area contributed by atoms with Gasteiger partial charge in [-0.25, -0.2) is 0 Å². The molecule has 0 aromatic rings. The second-order valence-electron chi connectivity index (χ2n) is 5.25. The minimum absolute atomic E-state index is 0.00990. The van der Waals surface area contributed by atoms with E-state index in [1.165, 1.54) is 0 Å². The normalized spacial score (nSPS) is 36.8. The lowest BCUT2D eigenvalue weighted by Gasteiger charge is -2.21. The molecule has 0 radical (unpaired) electrons. The number of nitrogens with two attached hydrogens (primary N) is 1. The van der Waals surface area contributed by atoms with Crippen LogP contribution >= 0.6 is 0 Å². The summed E-state index contributed by atoms with van der Waals surface area (Å²) in [6.45, 7) is 2.47. The fourth-order valence-corrected chi connectivity index (χ4v) is 2.86. The molecule has 1 aliphatic carbocycles. The van der Waals surface area contributed by atoms with E-state index in [0.717, 1.165) is 25.7 Å². The molecule has 102 valence electrons. The summed E-state index contributed by atoms with van der Waals surface area (Å²) >= 11 is 0. The van der Waals surface area contributed by atoms with E-state index in [1.54, 1.807) is 0 Å². The van der Waals surface area contributed by atoms with Crippen molar-refractivity contribution in [3.05, 3.63) is 0 Å². The smallest absolute Gasteiger partial charge is 0.225 e. The van der Waals surface area contributed by atoms with Crippen LogP contribution in [-0.2, 0) is 9.53 Å². The maximum Gasteiger partial charge on any atom is 0.225 e. The van der Waals surface area contributed by atoms with E-state index >= 15 is 0 Å². The third-order valence-corrected chi connectivity index (χ3v) is 3.91. The molecular weight excluding hydrogens is 234 g/mol. The third kappa shape index (κ3) is 2.75. The zero-order valence-corrected chi connectivity index (χ0v) is 10.6. The number of carbonyl (C=O) groups excluding carboxylic acids is 1. The van der Waals surface area contributed by atoms with Gasteiger partial charge in [-0.1, -0.05) is 11.6 Å². The van der Waals surface area contributed by atoms with Gasteiger partial charge in [0, 0.05) is 12.0 Å². The second kappa shape index (κ2) is 5.56. The molecule has 0 aromatic heterocycles. The third-order valence-electron chi connectivity index (χ3n) is 3.91. The van der Waals surface area contributed by atoms with Crippen molar-refractivity contribution in [3.63, 3.8) is 0 Å². The van der Waals surface area contributed by atoms with Crippen molar-refractivity contribution < 1.29 is 14.7 Å². The van der Waals surface area contributed by atoms with Gasteiger partial charge in [-0.15, -0.1) is 0 Å². The zero-order chi connectivity index (χ0) is 13.1. The fraction of sp³-hybridized carbons (Fsp3) is 0.833. The van der Waals surface area contributed by atoms with Crippen LogP contribution in [-0.4, -0.2) is 35.7 Å². The van der Waals surface area contributed by atoms with Gasteiger partial charge in [-0.2, -0.15) is 0 Å². The molecule has 2 fully saturated rings. The highest BCUT2D eigenvalue weighted by atomic mass is 16.5. The van der Waals surface area contributed by atoms with E-state index < -0.39 is 0 Å². The average Bonchev–Trinajstić information content (AvgIpc) is 2.97. The number of hydrogen-bond donors (Lipinski definition) is 3. The number of hydrogen-bond acceptors (Lipinski definition) is 4. The van der Waals surface area contributed by atoms with Crippen LogP contribution in [0.1, 0.15) is 32.6 Å². The van der Waals surface area contributed by atoms with E-state index in [0.29, 0.717) is 6.61 Å². The van der Waals surface area contributed by atoms with Crippen LogP contribution < -0.4 is 11.1 Å². The van der Waals surface area contributed by atoms with Crippen molar-refractivity contribution in [1.82, 2.24) is 5.32 Å². The summed E-state index contributed by atoms with van der Waals surface area (Å²) in [5, 5.41) is 14.8. The molecule has 0 bridgehead atoms. The predicted molar refractivity (Wildman–Crippen MR) is 66.2 cm³/mol. The lowest BCUT2D eigenvalue weighted by atomic mass is 10.00. The number of rotatable bonds is 3. The number of ether oxygens (including phenoxy) is 1. The summed E-state index contributed by atoms with van der Waals surface area (Å²) in [6.07, 6.45) is 3.66. The number of carbonyl (C=O) groups is 1. The number of oxime groups is 1. The summed E-state index contributed by atoms with van der Waals surface area (Å²) in [5.41, 5.74) is 5.64. The molecule has 2 aliphatic rings. The molecule has 1 amide bonds. The van der Waals surface area contributed by atoms with Gasteiger partial charge < -0.3 is 21.0 Å². The molecule has 2 rings (SSSR count). The molecule has 1 heterocycles. The Labute approximate surface area is 107 Å². The van der Waals surface area contributed by atoms with Crippen molar-refractivity contribution >= 4 is 11.7 Å². The molecule has 1 saturated heterocycles. The average molecular weight is 255 g/mol. The first-order chi connectivity index (χ1) is 8.61. The topological polar surface area (TPSA) is 96.9 Å². The second-order valence-corrected chi connectivity index (χ2v) is 5.25. The number of amides is 1. The Balaban J connectivity index is 1.90. The van der Waals surface area contributed by atoms with Gasteiger partial charge in [0.25, 0.3) is 0 Å². The molecule has 0 spiro atoms. The molecular formula is C12H21N3O3. The van der Waals surface area contributed by atoms with Crippen LogP contribution in [0.4, 0.5) is 0 Å². The Bertz CT molecular complexity index is 345. The zero-order valence-electron chi connectivity index (χ0n) is 10.6. The summed E-state index contributed by atoms with van der Waals surface area (Å²) in [6, 6.07) is -0.00990. The lowest BCUT2D eigenvalue weighted by molar-refractivity contribution is -0.125. The van der Waals surface area contributed by atoms with Gasteiger partial charge in [0.05, 0.1) is 18.6 Å². The standard InChI is InChI=1S/C12H21N3O3/c1-7-5-8(6-18-7)12(16)14-10-4-2-3-9(10)11(13)15-17/h7-10,17H,2-6H2,1H3,(H2,13,15)(H,14,16). The summed E-state index contributed by atoms with van der Waals surface area (Å²) in [5.74, 6) is 0.142. The SMILES string of the molecule is CC1CC(C(=O)NC2CCCC2C(N)=NO)CO1. The minimum atomic E-state index is -0.0615. The number of nitrogens with one attached hydrogen (secondary N) is 1. The highest BCUT2D eigenvalue weighted by molar-refractivity contribution is 5.85. The monoisotopic (exact) mass is 255 g/mol. The Kier molecular flexibility index (Phi) is 4.06. The van der Waals surface area contributed by atoms with Gasteiger partial charge in [0.1, 0.15) is 5.84 Å². The molecule has 6 nitrogen and oxygen atoms in total. The molecule has 1 saturated carbocycles. The fourth-order valence-electron chi connectivity index (χ4n) is 2.86. The first-order valence-corrected chi connectivity index (χ1v) is 6.51. The van der Waals surface area contributed by atoms with Crippen LogP contribution in [0.5, 0.6) is 0 Å². The Hall–Kier alpha value is -1.30. The predicted octanol–water partition coefficient (Wildman–Crippen LogP) is 0.443. The highest BCUT2D eigenvalue weighted by Crippen LogP contribution is 2.27. The first kappa shape index (κ1) is 13.1. The summed E-state index contributed by atoms with van der Waals surface area (Å²) < 4.78 is 5.40. The van der Waals surface area contributed by atoms with Gasteiger partial charge in [0.2, 0.25) is 5.91 Å². The van der Waals surface area contributed by atoms with E-state index in [-0.39, 0.29) is 35.7 Å². The maximum atomic E-state index is 12.1. The molecule has 4 unspecified atom stereocenters. The van der Waals surface area contributed by atoms with Crippen molar-refractivity contribution in [3.8, 4) is 0 Å². The van der Waals surface area contributed by atoms with Crippen LogP contribution in [0.15, 0.2) is 5.16 Å². The molecule has 0 aromatic carbocycles. The van der Waals surface area contributed by atoms with Crippen molar-refractivity contribution in [2.45, 2.75) is 44.8 Å². The number of amidine groups is 1. The quantitative estimate of drug-likeness (QED) is 0.295. The van der Waals surface area contributed by atoms with Crippen LogP contribution in [0.25, 0.3) is 0 Å². The molecule has 18 heavy (non-hydrogen) atoms. The lowest BCUT2D eigenvalue weighted by Crippen LogP contribution is -2.44.